The normalized spacial score (nSPS) is 15.3. The van der Waals surface area contributed by atoms with Crippen molar-refractivity contribution in [2.45, 2.75) is 13.1 Å². The lowest BCUT2D eigenvalue weighted by atomic mass is 10.1. The van der Waals surface area contributed by atoms with Crippen molar-refractivity contribution in [2.24, 2.45) is 16.8 Å². The number of nitrogens with two attached hydrogens (primary N) is 1. The van der Waals surface area contributed by atoms with Crippen LogP contribution in [0.4, 0.5) is 13.2 Å². The fraction of sp³-hybridized carbons (Fsp3) is 0.889. The zero-order chi connectivity index (χ0) is 13.5. The first-order chi connectivity index (χ1) is 7.82. The van der Waals surface area contributed by atoms with Gasteiger partial charge in [0.25, 0.3) is 0 Å². The van der Waals surface area contributed by atoms with E-state index in [4.69, 9.17) is 10.9 Å². The van der Waals surface area contributed by atoms with Crippen LogP contribution in [0.5, 0.6) is 0 Å². The molecule has 0 saturated carbocycles. The van der Waals surface area contributed by atoms with Crippen LogP contribution in [-0.2, 0) is 0 Å². The molecule has 0 amide bonds. The molecule has 4 N–H and O–H groups in total. The van der Waals surface area contributed by atoms with Gasteiger partial charge in [-0.1, -0.05) is 12.1 Å². The second-order valence-electron chi connectivity index (χ2n) is 3.72. The standard InChI is InChI=1S/C9H19F3N4O/c1-3-16(2)5-4-14-6-7(8(13)15-17)9(10,11)12/h7,14,17H,3-6H2,1-2H3,(H2,13,15). The van der Waals surface area contributed by atoms with Gasteiger partial charge in [0.15, 0.2) is 5.84 Å². The Kier molecular flexibility index (Phi) is 6.89. The lowest BCUT2D eigenvalue weighted by molar-refractivity contribution is -0.154. The summed E-state index contributed by atoms with van der Waals surface area (Å²) in [6, 6.07) is 0. The molecule has 17 heavy (non-hydrogen) atoms. The van der Waals surface area contributed by atoms with Crippen LogP contribution in [0.1, 0.15) is 6.92 Å². The molecule has 102 valence electrons. The van der Waals surface area contributed by atoms with Gasteiger partial charge in [0.1, 0.15) is 5.92 Å². The third-order valence-electron chi connectivity index (χ3n) is 2.43. The fourth-order valence-electron chi connectivity index (χ4n) is 1.13. The highest BCUT2D eigenvalue weighted by Crippen LogP contribution is 2.25. The second-order valence-corrected chi connectivity index (χ2v) is 3.72. The van der Waals surface area contributed by atoms with Crippen molar-refractivity contribution in [1.82, 2.24) is 10.2 Å². The highest BCUT2D eigenvalue weighted by atomic mass is 19.4. The van der Waals surface area contributed by atoms with E-state index < -0.39 is 24.5 Å². The number of rotatable bonds is 7. The number of nitrogens with zero attached hydrogens (tertiary/aromatic N) is 2. The molecule has 0 heterocycles. The van der Waals surface area contributed by atoms with Gasteiger partial charge in [-0.05, 0) is 13.6 Å². The van der Waals surface area contributed by atoms with Gasteiger partial charge < -0.3 is 21.2 Å². The average molecular weight is 256 g/mol. The number of likely N-dealkylation sites (N-methyl/N-ethyl adjacent to an activating group) is 1. The number of halogens is 3. The Bertz CT molecular complexity index is 245. The fourth-order valence-corrected chi connectivity index (χ4v) is 1.13. The van der Waals surface area contributed by atoms with Crippen molar-refractivity contribution < 1.29 is 18.4 Å². The number of amidine groups is 1. The van der Waals surface area contributed by atoms with Gasteiger partial charge in [-0.25, -0.2) is 0 Å². The van der Waals surface area contributed by atoms with Gasteiger partial charge in [0.2, 0.25) is 0 Å². The molecule has 8 heteroatoms. The molecule has 0 rings (SSSR count). The lowest BCUT2D eigenvalue weighted by Gasteiger charge is -2.20. The summed E-state index contributed by atoms with van der Waals surface area (Å²) >= 11 is 0. The molecule has 0 fully saturated rings. The Balaban J connectivity index is 4.12. The summed E-state index contributed by atoms with van der Waals surface area (Å²) in [4.78, 5) is 1.96. The first-order valence-electron chi connectivity index (χ1n) is 5.26. The molecule has 0 radical (unpaired) electrons. The van der Waals surface area contributed by atoms with Crippen molar-refractivity contribution in [3.63, 3.8) is 0 Å². The maximum atomic E-state index is 12.5. The second kappa shape index (κ2) is 7.33. The molecule has 0 aromatic heterocycles. The van der Waals surface area contributed by atoms with Crippen molar-refractivity contribution in [2.75, 3.05) is 33.2 Å². The molecule has 1 atom stereocenters. The summed E-state index contributed by atoms with van der Waals surface area (Å²) in [5, 5.41) is 13.3. The SMILES string of the molecule is CCN(C)CCNCC(C(N)=NO)C(F)(F)F. The predicted octanol–water partition coefficient (Wildman–Crippen LogP) is 0.453. The molecule has 0 aromatic carbocycles. The van der Waals surface area contributed by atoms with Gasteiger partial charge in [-0.3, -0.25) is 0 Å². The van der Waals surface area contributed by atoms with Crippen molar-refractivity contribution in [3.8, 4) is 0 Å². The summed E-state index contributed by atoms with van der Waals surface area (Å²) in [7, 11) is 1.87. The average Bonchev–Trinajstić information content (AvgIpc) is 2.25. The summed E-state index contributed by atoms with van der Waals surface area (Å²) in [5.74, 6) is -2.78. The molecule has 0 aromatic rings. The lowest BCUT2D eigenvalue weighted by Crippen LogP contribution is -2.44. The predicted molar refractivity (Wildman–Crippen MR) is 59.0 cm³/mol. The van der Waals surface area contributed by atoms with E-state index in [0.29, 0.717) is 13.1 Å². The Morgan fingerprint density at radius 3 is 2.53 bits per heavy atom. The quantitative estimate of drug-likeness (QED) is 0.203. The van der Waals surface area contributed by atoms with Gasteiger partial charge in [0.05, 0.1) is 0 Å². The van der Waals surface area contributed by atoms with Crippen LogP contribution in [0.2, 0.25) is 0 Å². The monoisotopic (exact) mass is 256 g/mol. The number of hydrogen-bond acceptors (Lipinski definition) is 4. The smallest absolute Gasteiger partial charge is 0.400 e. The van der Waals surface area contributed by atoms with Crippen LogP contribution in [0.25, 0.3) is 0 Å². The molecule has 0 bridgehead atoms. The molecule has 0 saturated heterocycles. The van der Waals surface area contributed by atoms with E-state index in [1.165, 1.54) is 0 Å². The molecule has 0 aliphatic heterocycles. The minimum atomic E-state index is -4.51. The highest BCUT2D eigenvalue weighted by molar-refractivity contribution is 5.83. The molecular formula is C9H19F3N4O. The zero-order valence-electron chi connectivity index (χ0n) is 9.96. The molecule has 0 spiro atoms. The first kappa shape index (κ1) is 16.0. The van der Waals surface area contributed by atoms with Crippen LogP contribution in [0, 0.1) is 5.92 Å². The van der Waals surface area contributed by atoms with E-state index in [9.17, 15) is 13.2 Å². The Hall–Kier alpha value is -1.02. The van der Waals surface area contributed by atoms with Crippen LogP contribution in [0.3, 0.4) is 0 Å². The van der Waals surface area contributed by atoms with E-state index in [1.54, 1.807) is 0 Å². The number of oxime groups is 1. The van der Waals surface area contributed by atoms with Gasteiger partial charge in [0, 0.05) is 19.6 Å². The van der Waals surface area contributed by atoms with Gasteiger partial charge in [-0.2, -0.15) is 13.2 Å². The van der Waals surface area contributed by atoms with Crippen molar-refractivity contribution >= 4 is 5.84 Å². The summed E-state index contributed by atoms with van der Waals surface area (Å²) in [5.41, 5.74) is 5.00. The van der Waals surface area contributed by atoms with Crippen molar-refractivity contribution in [1.29, 1.82) is 0 Å². The first-order valence-corrected chi connectivity index (χ1v) is 5.26. The van der Waals surface area contributed by atoms with Crippen LogP contribution >= 0.6 is 0 Å². The molecule has 1 unspecified atom stereocenters. The van der Waals surface area contributed by atoms with Crippen LogP contribution < -0.4 is 11.1 Å². The summed E-state index contributed by atoms with van der Waals surface area (Å²) in [6.07, 6.45) is -4.51. The van der Waals surface area contributed by atoms with Crippen LogP contribution in [0.15, 0.2) is 5.16 Å². The highest BCUT2D eigenvalue weighted by Gasteiger charge is 2.42. The molecular weight excluding hydrogens is 237 g/mol. The Labute approximate surface area is 98.4 Å². The van der Waals surface area contributed by atoms with E-state index in [-0.39, 0.29) is 0 Å². The largest absolute Gasteiger partial charge is 0.409 e. The summed E-state index contributed by atoms with van der Waals surface area (Å²) in [6.45, 7) is 3.43. The van der Waals surface area contributed by atoms with Crippen molar-refractivity contribution in [3.05, 3.63) is 0 Å². The Morgan fingerprint density at radius 1 is 1.53 bits per heavy atom. The summed E-state index contributed by atoms with van der Waals surface area (Å²) < 4.78 is 37.5. The maximum absolute atomic E-state index is 12.5. The zero-order valence-corrected chi connectivity index (χ0v) is 9.96. The van der Waals surface area contributed by atoms with E-state index >= 15 is 0 Å². The Morgan fingerprint density at radius 2 is 2.12 bits per heavy atom. The number of alkyl halides is 3. The molecule has 0 aliphatic rings. The van der Waals surface area contributed by atoms with Crippen LogP contribution in [-0.4, -0.2) is 55.3 Å². The minimum Gasteiger partial charge on any atom is -0.409 e. The number of hydrogen-bond donors (Lipinski definition) is 3. The maximum Gasteiger partial charge on any atom is 0.400 e. The topological polar surface area (TPSA) is 73.9 Å². The van der Waals surface area contributed by atoms with E-state index in [1.807, 2.05) is 18.9 Å². The van der Waals surface area contributed by atoms with Gasteiger partial charge in [-0.15, -0.1) is 0 Å². The molecule has 5 nitrogen and oxygen atoms in total. The van der Waals surface area contributed by atoms with Gasteiger partial charge >= 0.3 is 6.18 Å². The third kappa shape index (κ3) is 6.32. The minimum absolute atomic E-state index is 0.392. The van der Waals surface area contributed by atoms with E-state index in [0.717, 1.165) is 6.54 Å². The molecule has 0 aliphatic carbocycles. The third-order valence-corrected chi connectivity index (χ3v) is 2.43. The number of nitrogens with one attached hydrogen (secondary N) is 1. The van der Waals surface area contributed by atoms with E-state index in [2.05, 4.69) is 10.5 Å².